The average Bonchev–Trinajstić information content (AvgIpc) is 3.58. The fourth-order valence-electron chi connectivity index (χ4n) is 4.43. The number of esters is 3. The molecule has 1 atom stereocenters. The van der Waals surface area contributed by atoms with Crippen molar-refractivity contribution in [3.63, 3.8) is 0 Å². The molecule has 2 saturated heterocycles. The van der Waals surface area contributed by atoms with Crippen molar-refractivity contribution in [3.8, 4) is 0 Å². The van der Waals surface area contributed by atoms with Crippen LogP contribution in [0.25, 0.3) is 0 Å². The van der Waals surface area contributed by atoms with Crippen molar-refractivity contribution in [3.05, 3.63) is 0 Å². The lowest BCUT2D eigenvalue weighted by Crippen LogP contribution is -2.45. The van der Waals surface area contributed by atoms with Crippen molar-refractivity contribution < 1.29 is 61.9 Å². The maximum absolute atomic E-state index is 11.8. The van der Waals surface area contributed by atoms with Gasteiger partial charge < -0.3 is 33.2 Å². The van der Waals surface area contributed by atoms with Crippen LogP contribution in [0.3, 0.4) is 0 Å². The molecule has 4 aliphatic rings. The largest absolute Gasteiger partial charge is 0.460 e. The molecule has 0 amide bonds. The Bertz CT molecular complexity index is 856. The summed E-state index contributed by atoms with van der Waals surface area (Å²) < 4.78 is 35.2. The van der Waals surface area contributed by atoms with Crippen LogP contribution in [-0.4, -0.2) is 93.1 Å². The van der Waals surface area contributed by atoms with Crippen LogP contribution < -0.4 is 0 Å². The van der Waals surface area contributed by atoms with Crippen molar-refractivity contribution in [1.82, 2.24) is 0 Å². The van der Waals surface area contributed by atoms with E-state index in [1.807, 2.05) is 0 Å². The first-order chi connectivity index (χ1) is 18.6. The molecule has 0 bridgehead atoms. The summed E-state index contributed by atoms with van der Waals surface area (Å²) in [6.07, 6.45) is 3.51. The number of Topliss-reactive ketones (excluding diaryl/α,β-unsaturated/α-hetero) is 3. The number of ether oxygens (including phenoxy) is 7. The fourth-order valence-corrected chi connectivity index (χ4v) is 4.43. The zero-order valence-corrected chi connectivity index (χ0v) is 22.8. The van der Waals surface area contributed by atoms with Gasteiger partial charge in [0.15, 0.2) is 11.6 Å². The van der Waals surface area contributed by atoms with Gasteiger partial charge in [-0.15, -0.1) is 0 Å². The molecular weight excluding hydrogens is 520 g/mol. The molecule has 0 radical (unpaired) electrons. The smallest absolute Gasteiger partial charge is 0.417 e. The van der Waals surface area contributed by atoms with Crippen LogP contribution in [0, 0.1) is 5.92 Å². The molecule has 2 heterocycles. The van der Waals surface area contributed by atoms with E-state index < -0.39 is 35.4 Å². The van der Waals surface area contributed by atoms with E-state index in [2.05, 4.69) is 14.2 Å². The Morgan fingerprint density at radius 1 is 0.667 bits per heavy atom. The van der Waals surface area contributed by atoms with E-state index in [1.165, 1.54) is 0 Å². The minimum atomic E-state index is -0.990. The van der Waals surface area contributed by atoms with Gasteiger partial charge in [0, 0.05) is 44.9 Å². The summed E-state index contributed by atoms with van der Waals surface area (Å²) in [7, 11) is 0. The van der Waals surface area contributed by atoms with Crippen molar-refractivity contribution >= 4 is 35.3 Å². The highest BCUT2D eigenvalue weighted by Gasteiger charge is 2.48. The van der Waals surface area contributed by atoms with Gasteiger partial charge in [-0.2, -0.15) is 0 Å². The minimum absolute atomic E-state index is 0.115. The lowest BCUT2D eigenvalue weighted by Gasteiger charge is -2.34. The highest BCUT2D eigenvalue weighted by molar-refractivity contribution is 6.38. The first-order valence-corrected chi connectivity index (χ1v) is 13.3. The number of hydrogen-bond acceptors (Lipinski definition) is 13. The van der Waals surface area contributed by atoms with Crippen molar-refractivity contribution in [2.45, 2.75) is 77.3 Å². The van der Waals surface area contributed by atoms with Gasteiger partial charge in [0.2, 0.25) is 0 Å². The Morgan fingerprint density at radius 3 is 1.54 bits per heavy atom. The third kappa shape index (κ3) is 9.75. The van der Waals surface area contributed by atoms with E-state index in [1.54, 1.807) is 20.8 Å². The van der Waals surface area contributed by atoms with Crippen LogP contribution in [-0.2, 0) is 61.9 Å². The van der Waals surface area contributed by atoms with Crippen LogP contribution in [0.15, 0.2) is 0 Å². The van der Waals surface area contributed by atoms with E-state index in [4.69, 9.17) is 18.9 Å². The molecule has 0 aromatic carbocycles. The predicted octanol–water partition coefficient (Wildman–Crippen LogP) is 1.22. The highest BCUT2D eigenvalue weighted by Crippen LogP contribution is 2.37. The standard InChI is InChI=1S/C12H16O6.C8H12O3.C6H10O4/c1-2-16-11(15)10(14)8-7-12(4-3-9(8)13)17-5-6-18-12;9-7-1-3-8(4-2-7)10-5-6-11-8;1-3-9-5(7)6(8)10-4-2/h8H,2-7H2,1H3;1-6H2;3-4H2,1-2H3. The van der Waals surface area contributed by atoms with Crippen LogP contribution in [0.5, 0.6) is 0 Å². The third-order valence-corrected chi connectivity index (χ3v) is 6.36. The summed E-state index contributed by atoms with van der Waals surface area (Å²) in [5.41, 5.74) is 0. The zero-order chi connectivity index (χ0) is 28.9. The van der Waals surface area contributed by atoms with Gasteiger partial charge in [-0.3, -0.25) is 14.4 Å². The Balaban J connectivity index is 0.000000219. The summed E-state index contributed by atoms with van der Waals surface area (Å²) in [6.45, 7) is 7.64. The molecule has 1 unspecified atom stereocenters. The van der Waals surface area contributed by atoms with Gasteiger partial charge in [-0.05, 0) is 20.8 Å². The Labute approximate surface area is 227 Å². The number of carbonyl (C=O) groups is 6. The van der Waals surface area contributed by atoms with Crippen LogP contribution in [0.2, 0.25) is 0 Å². The second kappa shape index (κ2) is 15.8. The second-order valence-corrected chi connectivity index (χ2v) is 9.00. The topological polar surface area (TPSA) is 167 Å². The van der Waals surface area contributed by atoms with Gasteiger partial charge in [0.05, 0.1) is 52.2 Å². The molecule has 0 aromatic heterocycles. The third-order valence-electron chi connectivity index (χ3n) is 6.36. The van der Waals surface area contributed by atoms with Crippen LogP contribution in [0.1, 0.15) is 65.7 Å². The Kier molecular flexibility index (Phi) is 13.1. The summed E-state index contributed by atoms with van der Waals surface area (Å²) >= 11 is 0. The van der Waals surface area contributed by atoms with Crippen molar-refractivity contribution in [2.75, 3.05) is 46.2 Å². The first kappa shape index (κ1) is 32.5. The Hall–Kier alpha value is -2.74. The maximum Gasteiger partial charge on any atom is 0.417 e. The molecule has 220 valence electrons. The molecule has 13 heteroatoms. The van der Waals surface area contributed by atoms with E-state index in [0.717, 1.165) is 12.8 Å². The molecule has 0 N–H and O–H groups in total. The van der Waals surface area contributed by atoms with E-state index >= 15 is 0 Å². The summed E-state index contributed by atoms with van der Waals surface area (Å²) in [5, 5.41) is 0. The molecule has 13 nitrogen and oxygen atoms in total. The number of rotatable bonds is 5. The molecule has 4 fully saturated rings. The quantitative estimate of drug-likeness (QED) is 0.205. The minimum Gasteiger partial charge on any atom is -0.460 e. The normalized spacial score (nSPS) is 22.7. The maximum atomic E-state index is 11.8. The molecule has 39 heavy (non-hydrogen) atoms. The molecule has 2 aliphatic heterocycles. The summed E-state index contributed by atoms with van der Waals surface area (Å²) in [5.74, 6) is -5.71. The predicted molar refractivity (Wildman–Crippen MR) is 130 cm³/mol. The number of carbonyl (C=O) groups excluding carboxylic acids is 6. The monoisotopic (exact) mass is 558 g/mol. The zero-order valence-electron chi connectivity index (χ0n) is 22.8. The van der Waals surface area contributed by atoms with E-state index in [9.17, 15) is 28.8 Å². The molecular formula is C26H38O13. The fraction of sp³-hybridized carbons (Fsp3) is 0.769. The molecule has 4 rings (SSSR count). The second-order valence-electron chi connectivity index (χ2n) is 9.00. The van der Waals surface area contributed by atoms with Gasteiger partial charge in [0.25, 0.3) is 5.78 Å². The van der Waals surface area contributed by atoms with Gasteiger partial charge in [-0.1, -0.05) is 0 Å². The van der Waals surface area contributed by atoms with Crippen LogP contribution >= 0.6 is 0 Å². The first-order valence-electron chi connectivity index (χ1n) is 13.3. The molecule has 2 spiro atoms. The summed E-state index contributed by atoms with van der Waals surface area (Å²) in [4.78, 5) is 66.7. The summed E-state index contributed by atoms with van der Waals surface area (Å²) in [6, 6.07) is 0. The molecule has 2 aliphatic carbocycles. The molecule has 0 aromatic rings. The van der Waals surface area contributed by atoms with Crippen molar-refractivity contribution in [2.24, 2.45) is 5.92 Å². The number of hydrogen-bond donors (Lipinski definition) is 0. The number of ketones is 3. The SMILES string of the molecule is CCOC(=O)C(=O)C1CC2(CCC1=O)OCCO2.CCOC(=O)C(=O)OCC.O=C1CCC2(CC1)OCCO2. The van der Waals surface area contributed by atoms with Gasteiger partial charge in [-0.25, -0.2) is 14.4 Å². The average molecular weight is 559 g/mol. The highest BCUT2D eigenvalue weighted by atomic mass is 16.7. The lowest BCUT2D eigenvalue weighted by atomic mass is 9.81. The molecule has 2 saturated carbocycles. The van der Waals surface area contributed by atoms with Gasteiger partial charge >= 0.3 is 17.9 Å². The lowest BCUT2D eigenvalue weighted by molar-refractivity contribution is -0.191. The van der Waals surface area contributed by atoms with Gasteiger partial charge in [0.1, 0.15) is 11.6 Å². The van der Waals surface area contributed by atoms with E-state index in [-0.39, 0.29) is 44.2 Å². The van der Waals surface area contributed by atoms with Crippen molar-refractivity contribution in [1.29, 1.82) is 0 Å². The van der Waals surface area contributed by atoms with E-state index in [0.29, 0.717) is 51.5 Å². The van der Waals surface area contributed by atoms with Crippen LogP contribution in [0.4, 0.5) is 0 Å². The Morgan fingerprint density at radius 2 is 1.08 bits per heavy atom.